The Morgan fingerprint density at radius 3 is 2.28 bits per heavy atom. The topological polar surface area (TPSA) is 29.0 Å². The molecule has 2 heterocycles. The van der Waals surface area contributed by atoms with Crippen molar-refractivity contribution in [3.05, 3.63) is 53.2 Å². The zero-order valence-electron chi connectivity index (χ0n) is 14.9. The van der Waals surface area contributed by atoms with Crippen molar-refractivity contribution in [2.75, 3.05) is 11.4 Å². The fourth-order valence-electron chi connectivity index (χ4n) is 4.49. The molecule has 156 valence electrons. The highest BCUT2D eigenvalue weighted by molar-refractivity contribution is 5.48. The van der Waals surface area contributed by atoms with Crippen molar-refractivity contribution in [3.63, 3.8) is 0 Å². The minimum atomic E-state index is -6.10. The zero-order valence-corrected chi connectivity index (χ0v) is 14.9. The Labute approximate surface area is 161 Å². The number of nitrogens with zero attached hydrogens (tertiary/aromatic N) is 3. The number of fused-ring (bicyclic) bond motifs is 3. The Hall–Kier alpha value is -2.39. The van der Waals surface area contributed by atoms with Gasteiger partial charge in [-0.1, -0.05) is 18.2 Å². The Morgan fingerprint density at radius 1 is 0.931 bits per heavy atom. The lowest BCUT2D eigenvalue weighted by Gasteiger charge is -2.35. The van der Waals surface area contributed by atoms with E-state index in [1.54, 1.807) is 18.3 Å². The van der Waals surface area contributed by atoms with Crippen LogP contribution < -0.4 is 4.90 Å². The predicted octanol–water partition coefficient (Wildman–Crippen LogP) is 5.07. The Bertz CT molecular complexity index is 881. The van der Waals surface area contributed by atoms with E-state index in [0.717, 1.165) is 6.07 Å². The molecule has 0 spiro atoms. The second-order valence-electron chi connectivity index (χ2n) is 7.34. The normalized spacial score (nSPS) is 22.4. The van der Waals surface area contributed by atoms with Gasteiger partial charge in [-0.05, 0) is 42.5 Å². The summed E-state index contributed by atoms with van der Waals surface area (Å²) in [4.78, 5) is 2.05. The molecule has 3 nitrogen and oxygen atoms in total. The molecule has 1 fully saturated rings. The van der Waals surface area contributed by atoms with Crippen molar-refractivity contribution in [1.82, 2.24) is 10.2 Å². The average molecular weight is 419 g/mol. The molecule has 0 N–H and O–H groups in total. The van der Waals surface area contributed by atoms with Gasteiger partial charge < -0.3 is 4.90 Å². The van der Waals surface area contributed by atoms with Gasteiger partial charge in [-0.3, -0.25) is 0 Å². The number of benzene rings is 1. The van der Waals surface area contributed by atoms with E-state index in [1.807, 2.05) is 0 Å². The fraction of sp³-hybridized carbons (Fsp3) is 0.474. The summed E-state index contributed by atoms with van der Waals surface area (Å²) in [6.07, 6.45) is -9.21. The summed E-state index contributed by atoms with van der Waals surface area (Å²) in [6, 6.07) is 6.13. The number of halogens is 7. The quantitative estimate of drug-likeness (QED) is 0.637. The van der Waals surface area contributed by atoms with Gasteiger partial charge in [0.1, 0.15) is 0 Å². The molecule has 4 rings (SSSR count). The van der Waals surface area contributed by atoms with Crippen LogP contribution in [0, 0.1) is 0 Å². The molecule has 29 heavy (non-hydrogen) atoms. The third-order valence-electron chi connectivity index (χ3n) is 5.83. The molecule has 0 bridgehead atoms. The second-order valence-corrected chi connectivity index (χ2v) is 7.34. The first kappa shape index (κ1) is 19.9. The minimum absolute atomic E-state index is 0.0189. The van der Waals surface area contributed by atoms with E-state index < -0.39 is 23.6 Å². The highest BCUT2D eigenvalue weighted by Gasteiger charge is 2.73. The number of aromatic nitrogens is 2. The molecule has 0 amide bonds. The lowest BCUT2D eigenvalue weighted by atomic mass is 9.77. The van der Waals surface area contributed by atoms with Crippen molar-refractivity contribution in [2.45, 2.75) is 49.2 Å². The van der Waals surface area contributed by atoms with Gasteiger partial charge in [0.15, 0.2) is 5.82 Å². The Kier molecular flexibility index (Phi) is 4.51. The predicted molar refractivity (Wildman–Crippen MR) is 90.2 cm³/mol. The van der Waals surface area contributed by atoms with E-state index in [9.17, 15) is 30.7 Å². The van der Waals surface area contributed by atoms with Crippen LogP contribution in [0.4, 0.5) is 36.6 Å². The lowest BCUT2D eigenvalue weighted by molar-refractivity contribution is -0.348. The smallest absolute Gasteiger partial charge is 0.351 e. The fourth-order valence-corrected chi connectivity index (χ4v) is 4.49. The van der Waals surface area contributed by atoms with E-state index in [0.29, 0.717) is 42.4 Å². The van der Waals surface area contributed by atoms with Crippen LogP contribution >= 0.6 is 0 Å². The van der Waals surface area contributed by atoms with Gasteiger partial charge in [0.25, 0.3) is 0 Å². The second kappa shape index (κ2) is 6.56. The van der Waals surface area contributed by atoms with Crippen LogP contribution in [0.3, 0.4) is 0 Å². The van der Waals surface area contributed by atoms with Gasteiger partial charge >= 0.3 is 18.0 Å². The molecule has 1 aromatic heterocycles. The van der Waals surface area contributed by atoms with E-state index in [-0.39, 0.29) is 18.4 Å². The molecule has 10 heteroatoms. The number of aryl methyl sites for hydroxylation is 1. The van der Waals surface area contributed by atoms with Crippen molar-refractivity contribution < 1.29 is 30.7 Å². The lowest BCUT2D eigenvalue weighted by Crippen LogP contribution is -2.50. The molecular formula is C19H16F7N3. The summed E-state index contributed by atoms with van der Waals surface area (Å²) in [5.74, 6) is 0.609. The van der Waals surface area contributed by atoms with Crippen molar-refractivity contribution in [1.29, 1.82) is 0 Å². The largest absolute Gasteiger partial charge is 0.435 e. The molecule has 0 unspecified atom stereocenters. The summed E-state index contributed by atoms with van der Waals surface area (Å²) in [5, 5.41) is 7.93. The van der Waals surface area contributed by atoms with Gasteiger partial charge in [-0.25, -0.2) is 4.39 Å². The monoisotopic (exact) mass is 419 g/mol. The third kappa shape index (κ3) is 3.03. The molecule has 1 aliphatic heterocycles. The molecule has 1 saturated heterocycles. The number of hydrogen-bond donors (Lipinski definition) is 0. The summed E-state index contributed by atoms with van der Waals surface area (Å²) >= 11 is 0. The van der Waals surface area contributed by atoms with Gasteiger partial charge in [0.05, 0.1) is 0 Å². The van der Waals surface area contributed by atoms with E-state index in [1.165, 1.54) is 6.07 Å². The molecule has 1 aromatic carbocycles. The van der Waals surface area contributed by atoms with Crippen molar-refractivity contribution in [2.24, 2.45) is 0 Å². The Balaban J connectivity index is 1.69. The van der Waals surface area contributed by atoms with Crippen LogP contribution in [0.1, 0.15) is 35.4 Å². The summed E-state index contributed by atoms with van der Waals surface area (Å²) < 4.78 is 92.7. The number of rotatable bonds is 2. The number of hydrogen-bond acceptors (Lipinski definition) is 3. The molecular weight excluding hydrogens is 403 g/mol. The third-order valence-corrected chi connectivity index (χ3v) is 5.83. The van der Waals surface area contributed by atoms with Crippen LogP contribution in [0.25, 0.3) is 0 Å². The first-order valence-electron chi connectivity index (χ1n) is 9.04. The van der Waals surface area contributed by atoms with E-state index >= 15 is 0 Å². The van der Waals surface area contributed by atoms with Crippen LogP contribution in [0.15, 0.2) is 36.5 Å². The maximum atomic E-state index is 14.4. The number of anilines is 1. The van der Waals surface area contributed by atoms with Crippen molar-refractivity contribution >= 4 is 5.82 Å². The van der Waals surface area contributed by atoms with Crippen LogP contribution in [-0.4, -0.2) is 35.1 Å². The SMILES string of the molecule is FC(F)(F)C(F)(c1ccc2c(c1)CC[C@@H]1[C@H]2CCN1c1cccnn1)C(F)(F)F. The van der Waals surface area contributed by atoms with Crippen LogP contribution in [-0.2, 0) is 12.1 Å². The average Bonchev–Trinajstić information content (AvgIpc) is 3.10. The molecule has 0 radical (unpaired) electrons. The van der Waals surface area contributed by atoms with Gasteiger partial charge in [-0.15, -0.1) is 5.10 Å². The van der Waals surface area contributed by atoms with Gasteiger partial charge in [0, 0.05) is 30.3 Å². The standard InChI is InChI=1S/C19H16F7N3/c20-17(18(21,22)23,19(24,25)26)12-4-5-13-11(10-12)3-6-15-14(13)7-9-29(15)16-2-1-8-27-28-16/h1-2,4-5,8,10,14-15H,3,6-7,9H2/t14-,15+/m0/s1. The highest BCUT2D eigenvalue weighted by atomic mass is 19.4. The molecule has 2 aliphatic rings. The van der Waals surface area contributed by atoms with Gasteiger partial charge in [0.2, 0.25) is 0 Å². The summed E-state index contributed by atoms with van der Waals surface area (Å²) in [7, 11) is 0. The Morgan fingerprint density at radius 2 is 1.66 bits per heavy atom. The number of alkyl halides is 7. The minimum Gasteiger partial charge on any atom is -0.351 e. The maximum absolute atomic E-state index is 14.4. The van der Waals surface area contributed by atoms with E-state index in [2.05, 4.69) is 15.1 Å². The zero-order chi connectivity index (χ0) is 21.0. The molecule has 2 atom stereocenters. The van der Waals surface area contributed by atoms with Gasteiger partial charge in [-0.2, -0.15) is 31.4 Å². The van der Waals surface area contributed by atoms with Crippen LogP contribution in [0.5, 0.6) is 0 Å². The van der Waals surface area contributed by atoms with Crippen LogP contribution in [0.2, 0.25) is 0 Å². The summed E-state index contributed by atoms with van der Waals surface area (Å²) in [5.41, 5.74) is -5.81. The molecule has 1 aliphatic carbocycles. The summed E-state index contributed by atoms with van der Waals surface area (Å²) in [6.45, 7) is 0.646. The first-order valence-corrected chi connectivity index (χ1v) is 9.04. The highest BCUT2D eigenvalue weighted by Crippen LogP contribution is 2.54. The molecule has 0 saturated carbocycles. The molecule has 2 aromatic rings. The van der Waals surface area contributed by atoms with Crippen molar-refractivity contribution in [3.8, 4) is 0 Å². The van der Waals surface area contributed by atoms with E-state index in [4.69, 9.17) is 0 Å². The maximum Gasteiger partial charge on any atom is 0.435 e. The first-order chi connectivity index (χ1) is 13.5.